The highest BCUT2D eigenvalue weighted by Gasteiger charge is 2.15. The maximum Gasteiger partial charge on any atom is 0.257 e. The standard InChI is InChI=1S/C22H27N3O3S/c1-5-13-28-18-11-9-15(10-12-18)19(26)24-21(29)23-17-8-6-7-16(14-17)20(27)25-22(2,3)4/h6-12,14H,5,13H2,1-4H3,(H,25,27)(H2,23,24,26,29). The first kappa shape index (κ1) is 22.4. The van der Waals surface area contributed by atoms with Gasteiger partial charge in [-0.1, -0.05) is 13.0 Å². The summed E-state index contributed by atoms with van der Waals surface area (Å²) in [6.45, 7) is 8.41. The van der Waals surface area contributed by atoms with Gasteiger partial charge in [-0.25, -0.2) is 0 Å². The minimum Gasteiger partial charge on any atom is -0.494 e. The SMILES string of the molecule is CCCOc1ccc(C(=O)NC(=S)Nc2cccc(C(=O)NC(C)(C)C)c2)cc1. The van der Waals surface area contributed by atoms with Crippen molar-refractivity contribution < 1.29 is 14.3 Å². The summed E-state index contributed by atoms with van der Waals surface area (Å²) in [7, 11) is 0. The molecule has 2 amide bonds. The summed E-state index contributed by atoms with van der Waals surface area (Å²) >= 11 is 5.22. The molecule has 154 valence electrons. The van der Waals surface area contributed by atoms with Crippen LogP contribution in [-0.4, -0.2) is 29.1 Å². The molecular weight excluding hydrogens is 386 g/mol. The van der Waals surface area contributed by atoms with E-state index >= 15 is 0 Å². The highest BCUT2D eigenvalue weighted by atomic mass is 32.1. The van der Waals surface area contributed by atoms with Crippen LogP contribution in [0.1, 0.15) is 54.8 Å². The largest absolute Gasteiger partial charge is 0.494 e. The van der Waals surface area contributed by atoms with E-state index in [-0.39, 0.29) is 22.5 Å². The van der Waals surface area contributed by atoms with Gasteiger partial charge in [0.1, 0.15) is 5.75 Å². The van der Waals surface area contributed by atoms with Crippen LogP contribution in [0.5, 0.6) is 5.75 Å². The first-order valence-corrected chi connectivity index (χ1v) is 9.86. The van der Waals surface area contributed by atoms with Gasteiger partial charge in [0.25, 0.3) is 11.8 Å². The van der Waals surface area contributed by atoms with Gasteiger partial charge in [-0.3, -0.25) is 14.9 Å². The number of carbonyl (C=O) groups excluding carboxylic acids is 2. The Hall–Kier alpha value is -2.93. The van der Waals surface area contributed by atoms with Crippen LogP contribution in [0.25, 0.3) is 0 Å². The van der Waals surface area contributed by atoms with Crippen molar-refractivity contribution in [3.05, 3.63) is 59.7 Å². The zero-order chi connectivity index (χ0) is 21.4. The van der Waals surface area contributed by atoms with Crippen molar-refractivity contribution in [2.24, 2.45) is 0 Å². The summed E-state index contributed by atoms with van der Waals surface area (Å²) in [5, 5.41) is 8.62. The number of amides is 2. The predicted molar refractivity (Wildman–Crippen MR) is 120 cm³/mol. The number of hydrogen-bond donors (Lipinski definition) is 3. The highest BCUT2D eigenvalue weighted by Crippen LogP contribution is 2.14. The molecule has 0 radical (unpaired) electrons. The summed E-state index contributed by atoms with van der Waals surface area (Å²) in [5.41, 5.74) is 1.25. The van der Waals surface area contributed by atoms with Gasteiger partial charge in [0, 0.05) is 22.4 Å². The van der Waals surface area contributed by atoms with E-state index in [1.54, 1.807) is 48.5 Å². The lowest BCUT2D eigenvalue weighted by Gasteiger charge is -2.20. The fourth-order valence-corrected chi connectivity index (χ4v) is 2.62. The summed E-state index contributed by atoms with van der Waals surface area (Å²) in [6, 6.07) is 13.8. The minimum absolute atomic E-state index is 0.148. The Kier molecular flexibility index (Phi) is 7.73. The van der Waals surface area contributed by atoms with Crippen molar-refractivity contribution in [2.75, 3.05) is 11.9 Å². The van der Waals surface area contributed by atoms with Gasteiger partial charge in [0.05, 0.1) is 6.61 Å². The summed E-state index contributed by atoms with van der Waals surface area (Å²) in [6.07, 6.45) is 0.918. The van der Waals surface area contributed by atoms with Gasteiger partial charge >= 0.3 is 0 Å². The molecule has 2 rings (SSSR count). The van der Waals surface area contributed by atoms with E-state index in [1.807, 2.05) is 27.7 Å². The van der Waals surface area contributed by atoms with Gasteiger partial charge in [-0.05, 0) is 81.9 Å². The fraction of sp³-hybridized carbons (Fsp3) is 0.318. The fourth-order valence-electron chi connectivity index (χ4n) is 2.41. The Labute approximate surface area is 177 Å². The van der Waals surface area contributed by atoms with E-state index in [2.05, 4.69) is 16.0 Å². The van der Waals surface area contributed by atoms with Crippen molar-refractivity contribution in [3.63, 3.8) is 0 Å². The molecule has 0 bridgehead atoms. The molecule has 0 aliphatic rings. The molecule has 0 aliphatic carbocycles. The molecule has 0 aromatic heterocycles. The molecular formula is C22H27N3O3S. The molecule has 0 saturated heterocycles. The molecule has 0 saturated carbocycles. The van der Waals surface area contributed by atoms with Crippen molar-refractivity contribution in [1.29, 1.82) is 0 Å². The quantitative estimate of drug-likeness (QED) is 0.621. The molecule has 3 N–H and O–H groups in total. The lowest BCUT2D eigenvalue weighted by atomic mass is 10.1. The Morgan fingerprint density at radius 3 is 2.31 bits per heavy atom. The van der Waals surface area contributed by atoms with Crippen LogP contribution in [0.4, 0.5) is 5.69 Å². The summed E-state index contributed by atoms with van der Waals surface area (Å²) in [4.78, 5) is 24.7. The third-order valence-corrected chi connectivity index (χ3v) is 3.89. The second kappa shape index (κ2) is 10.0. The van der Waals surface area contributed by atoms with Gasteiger partial charge in [0.2, 0.25) is 0 Å². The van der Waals surface area contributed by atoms with E-state index in [0.29, 0.717) is 23.4 Å². The monoisotopic (exact) mass is 413 g/mol. The first-order valence-electron chi connectivity index (χ1n) is 9.46. The van der Waals surface area contributed by atoms with Crippen LogP contribution in [0.2, 0.25) is 0 Å². The maximum absolute atomic E-state index is 12.4. The van der Waals surface area contributed by atoms with Gasteiger partial charge < -0.3 is 15.4 Å². The number of benzene rings is 2. The zero-order valence-corrected chi connectivity index (χ0v) is 18.0. The second-order valence-electron chi connectivity index (χ2n) is 7.57. The number of carbonyl (C=O) groups is 2. The van der Waals surface area contributed by atoms with Crippen LogP contribution in [0.3, 0.4) is 0 Å². The van der Waals surface area contributed by atoms with Crippen molar-refractivity contribution in [3.8, 4) is 5.75 Å². The topological polar surface area (TPSA) is 79.5 Å². The molecule has 0 fully saturated rings. The minimum atomic E-state index is -0.332. The van der Waals surface area contributed by atoms with Crippen LogP contribution < -0.4 is 20.7 Å². The van der Waals surface area contributed by atoms with E-state index in [4.69, 9.17) is 17.0 Å². The molecule has 0 spiro atoms. The van der Waals surface area contributed by atoms with E-state index in [9.17, 15) is 9.59 Å². The lowest BCUT2D eigenvalue weighted by molar-refractivity contribution is 0.0918. The molecule has 0 aliphatic heterocycles. The Bertz CT molecular complexity index is 874. The van der Waals surface area contributed by atoms with Gasteiger partial charge in [0.15, 0.2) is 5.11 Å². The van der Waals surface area contributed by atoms with Crippen molar-refractivity contribution >= 4 is 34.8 Å². The molecule has 2 aromatic rings. The Morgan fingerprint density at radius 1 is 1.00 bits per heavy atom. The summed E-state index contributed by atoms with van der Waals surface area (Å²) < 4.78 is 5.51. The predicted octanol–water partition coefficient (Wildman–Crippen LogP) is 4.13. The number of hydrogen-bond acceptors (Lipinski definition) is 4. The average Bonchev–Trinajstić information content (AvgIpc) is 2.65. The Morgan fingerprint density at radius 2 is 1.69 bits per heavy atom. The van der Waals surface area contributed by atoms with Crippen LogP contribution in [0, 0.1) is 0 Å². The summed E-state index contributed by atoms with van der Waals surface area (Å²) in [5.74, 6) is 0.210. The van der Waals surface area contributed by atoms with Crippen LogP contribution in [-0.2, 0) is 0 Å². The second-order valence-corrected chi connectivity index (χ2v) is 7.97. The molecule has 7 heteroatoms. The van der Waals surface area contributed by atoms with Crippen LogP contribution >= 0.6 is 12.2 Å². The van der Waals surface area contributed by atoms with E-state index < -0.39 is 0 Å². The highest BCUT2D eigenvalue weighted by molar-refractivity contribution is 7.80. The number of ether oxygens (including phenoxy) is 1. The molecule has 29 heavy (non-hydrogen) atoms. The molecule has 0 unspecified atom stereocenters. The molecule has 6 nitrogen and oxygen atoms in total. The zero-order valence-electron chi connectivity index (χ0n) is 17.2. The normalized spacial score (nSPS) is 10.8. The van der Waals surface area contributed by atoms with E-state index in [1.165, 1.54) is 0 Å². The molecule has 2 aromatic carbocycles. The van der Waals surface area contributed by atoms with Crippen molar-refractivity contribution in [1.82, 2.24) is 10.6 Å². The van der Waals surface area contributed by atoms with Gasteiger partial charge in [-0.15, -0.1) is 0 Å². The average molecular weight is 414 g/mol. The number of rotatable bonds is 6. The van der Waals surface area contributed by atoms with Gasteiger partial charge in [-0.2, -0.15) is 0 Å². The third kappa shape index (κ3) is 7.54. The first-order chi connectivity index (χ1) is 13.7. The van der Waals surface area contributed by atoms with Crippen LogP contribution in [0.15, 0.2) is 48.5 Å². The van der Waals surface area contributed by atoms with Crippen molar-refractivity contribution in [2.45, 2.75) is 39.7 Å². The molecule has 0 heterocycles. The number of anilines is 1. The number of nitrogens with one attached hydrogen (secondary N) is 3. The lowest BCUT2D eigenvalue weighted by Crippen LogP contribution is -2.40. The third-order valence-electron chi connectivity index (χ3n) is 3.69. The maximum atomic E-state index is 12.4. The molecule has 0 atom stereocenters. The number of thiocarbonyl (C=S) groups is 1. The smallest absolute Gasteiger partial charge is 0.257 e. The van der Waals surface area contributed by atoms with E-state index in [0.717, 1.165) is 12.2 Å². The Balaban J connectivity index is 1.95.